The lowest BCUT2D eigenvalue weighted by molar-refractivity contribution is -0.144. The van der Waals surface area contributed by atoms with Crippen LogP contribution in [0.5, 0.6) is 0 Å². The fourth-order valence-electron chi connectivity index (χ4n) is 2.67. The Morgan fingerprint density at radius 2 is 1.36 bits per heavy atom. The van der Waals surface area contributed by atoms with Gasteiger partial charge in [0, 0.05) is 16.6 Å². The van der Waals surface area contributed by atoms with Crippen molar-refractivity contribution in [1.82, 2.24) is 4.90 Å². The van der Waals surface area contributed by atoms with Crippen LogP contribution in [0.3, 0.4) is 0 Å². The molecule has 0 aliphatic rings. The van der Waals surface area contributed by atoms with Gasteiger partial charge in [0.25, 0.3) is 0 Å². The Morgan fingerprint density at radius 1 is 0.920 bits per heavy atom. The van der Waals surface area contributed by atoms with Crippen LogP contribution >= 0.6 is 23.2 Å². The van der Waals surface area contributed by atoms with Gasteiger partial charge in [0.05, 0.1) is 0 Å². The summed E-state index contributed by atoms with van der Waals surface area (Å²) in [6.07, 6.45) is 0. The van der Waals surface area contributed by atoms with Gasteiger partial charge in [-0.05, 0) is 48.5 Å². The minimum Gasteiger partial charge on any atom is -0.464 e. The number of halogens is 2. The van der Waals surface area contributed by atoms with Gasteiger partial charge in [-0.15, -0.1) is 0 Å². The molecule has 0 N–H and O–H groups in total. The number of rotatable bonds is 8. The number of carbonyl (C=O) groups is 1. The van der Waals surface area contributed by atoms with E-state index in [-0.39, 0.29) is 5.97 Å². The van der Waals surface area contributed by atoms with E-state index >= 15 is 0 Å². The summed E-state index contributed by atoms with van der Waals surface area (Å²) < 4.78 is 5.56. The third-order valence-corrected chi connectivity index (χ3v) is 4.69. The largest absolute Gasteiger partial charge is 0.464 e. The predicted molar refractivity (Wildman–Crippen MR) is 103 cm³/mol. The van der Waals surface area contributed by atoms with E-state index in [9.17, 15) is 4.79 Å². The van der Waals surface area contributed by atoms with Crippen molar-refractivity contribution in [3.05, 3.63) is 69.7 Å². The molecule has 0 saturated carbocycles. The second-order valence-electron chi connectivity index (χ2n) is 5.73. The molecule has 0 saturated heterocycles. The van der Waals surface area contributed by atoms with E-state index in [0.717, 1.165) is 30.8 Å². The first-order chi connectivity index (χ1) is 12.0. The van der Waals surface area contributed by atoms with Gasteiger partial charge in [-0.25, -0.2) is 0 Å². The molecule has 0 radical (unpaired) electrons. The number of hydrogen-bond acceptors (Lipinski definition) is 3. The molecule has 0 fully saturated rings. The Hall–Kier alpha value is -1.55. The van der Waals surface area contributed by atoms with Crippen molar-refractivity contribution < 1.29 is 9.53 Å². The lowest BCUT2D eigenvalue weighted by atomic mass is 9.91. The van der Waals surface area contributed by atoms with Crippen molar-refractivity contribution in [1.29, 1.82) is 0 Å². The average Bonchev–Trinajstić information content (AvgIpc) is 2.62. The van der Waals surface area contributed by atoms with Crippen LogP contribution < -0.4 is 0 Å². The van der Waals surface area contributed by atoms with Crippen LogP contribution in [0.15, 0.2) is 48.5 Å². The van der Waals surface area contributed by atoms with Crippen LogP contribution in [-0.4, -0.2) is 37.1 Å². The van der Waals surface area contributed by atoms with Gasteiger partial charge in [0.1, 0.15) is 12.5 Å². The SMILES string of the molecule is CCN(CC)CCOC(=O)C(c1ccc(Cl)cc1)c1ccc(Cl)cc1. The molecule has 0 aliphatic carbocycles. The average molecular weight is 380 g/mol. The number of carbonyl (C=O) groups excluding carboxylic acids is 1. The lowest BCUT2D eigenvalue weighted by Crippen LogP contribution is -2.29. The van der Waals surface area contributed by atoms with E-state index in [4.69, 9.17) is 27.9 Å². The summed E-state index contributed by atoms with van der Waals surface area (Å²) in [6.45, 7) is 7.16. The molecule has 2 aromatic carbocycles. The summed E-state index contributed by atoms with van der Waals surface area (Å²) in [6, 6.07) is 14.5. The molecule has 3 nitrogen and oxygen atoms in total. The lowest BCUT2D eigenvalue weighted by Gasteiger charge is -2.20. The van der Waals surface area contributed by atoms with E-state index in [1.165, 1.54) is 0 Å². The van der Waals surface area contributed by atoms with Gasteiger partial charge in [-0.3, -0.25) is 4.79 Å². The molecule has 0 heterocycles. The third kappa shape index (κ3) is 5.74. The van der Waals surface area contributed by atoms with Crippen molar-refractivity contribution in [2.45, 2.75) is 19.8 Å². The van der Waals surface area contributed by atoms with Crippen LogP contribution in [0.1, 0.15) is 30.9 Å². The molecule has 0 amide bonds. The van der Waals surface area contributed by atoms with Crippen LogP contribution in [0.2, 0.25) is 10.0 Å². The van der Waals surface area contributed by atoms with Gasteiger partial charge in [0.2, 0.25) is 0 Å². The standard InChI is InChI=1S/C20H23Cl2NO2/c1-3-23(4-2)13-14-25-20(24)19(15-5-9-17(21)10-6-15)16-7-11-18(22)12-8-16/h5-12,19H,3-4,13-14H2,1-2H3. The quantitative estimate of drug-likeness (QED) is 0.603. The molecular weight excluding hydrogens is 357 g/mol. The van der Waals surface area contributed by atoms with Crippen molar-refractivity contribution >= 4 is 29.2 Å². The maximum absolute atomic E-state index is 12.8. The zero-order valence-electron chi connectivity index (χ0n) is 14.5. The highest BCUT2D eigenvalue weighted by atomic mass is 35.5. The van der Waals surface area contributed by atoms with E-state index in [1.54, 1.807) is 24.3 Å². The minimum absolute atomic E-state index is 0.267. The van der Waals surface area contributed by atoms with Crippen molar-refractivity contribution in [2.24, 2.45) is 0 Å². The Morgan fingerprint density at radius 3 is 1.76 bits per heavy atom. The van der Waals surface area contributed by atoms with E-state index < -0.39 is 5.92 Å². The third-order valence-electron chi connectivity index (χ3n) is 4.19. The number of hydrogen-bond donors (Lipinski definition) is 0. The maximum Gasteiger partial charge on any atom is 0.317 e. The molecule has 2 rings (SSSR count). The first kappa shape index (κ1) is 19.8. The van der Waals surface area contributed by atoms with Crippen molar-refractivity contribution in [3.63, 3.8) is 0 Å². The second-order valence-corrected chi connectivity index (χ2v) is 6.60. The number of ether oxygens (including phenoxy) is 1. The molecule has 0 spiro atoms. The van der Waals surface area contributed by atoms with Crippen molar-refractivity contribution in [3.8, 4) is 0 Å². The topological polar surface area (TPSA) is 29.5 Å². The first-order valence-corrected chi connectivity index (χ1v) is 9.20. The molecular formula is C20H23Cl2NO2. The van der Waals surface area contributed by atoms with Gasteiger partial charge in [0.15, 0.2) is 0 Å². The van der Waals surface area contributed by atoms with Crippen molar-refractivity contribution in [2.75, 3.05) is 26.2 Å². The molecule has 0 aliphatic heterocycles. The summed E-state index contributed by atoms with van der Waals surface area (Å²) in [5, 5.41) is 1.27. The van der Waals surface area contributed by atoms with Crippen LogP contribution in [0, 0.1) is 0 Å². The Labute approximate surface area is 159 Å². The fourth-order valence-corrected chi connectivity index (χ4v) is 2.93. The van der Waals surface area contributed by atoms with Gasteiger partial charge in [-0.1, -0.05) is 61.3 Å². The molecule has 25 heavy (non-hydrogen) atoms. The number of likely N-dealkylation sites (N-methyl/N-ethyl adjacent to an activating group) is 1. The van der Waals surface area contributed by atoms with E-state index in [1.807, 2.05) is 24.3 Å². The summed E-state index contributed by atoms with van der Waals surface area (Å²) in [5.74, 6) is -0.761. The van der Waals surface area contributed by atoms with Crippen LogP contribution in [0.4, 0.5) is 0 Å². The summed E-state index contributed by atoms with van der Waals surface area (Å²) in [7, 11) is 0. The van der Waals surface area contributed by atoms with Crippen LogP contribution in [0.25, 0.3) is 0 Å². The zero-order valence-corrected chi connectivity index (χ0v) is 16.1. The fraction of sp³-hybridized carbons (Fsp3) is 0.350. The molecule has 134 valence electrons. The summed E-state index contributed by atoms with van der Waals surface area (Å²) in [5.41, 5.74) is 1.69. The molecule has 2 aromatic rings. The zero-order chi connectivity index (χ0) is 18.2. The Balaban J connectivity index is 2.17. The molecule has 0 bridgehead atoms. The second kappa shape index (κ2) is 9.81. The number of benzene rings is 2. The summed E-state index contributed by atoms with van der Waals surface area (Å²) >= 11 is 11.9. The van der Waals surface area contributed by atoms with Gasteiger partial charge < -0.3 is 9.64 Å². The number of esters is 1. The Kier molecular flexibility index (Phi) is 7.76. The smallest absolute Gasteiger partial charge is 0.317 e. The highest BCUT2D eigenvalue weighted by Gasteiger charge is 2.24. The minimum atomic E-state index is -0.494. The van der Waals surface area contributed by atoms with E-state index in [0.29, 0.717) is 16.7 Å². The van der Waals surface area contributed by atoms with E-state index in [2.05, 4.69) is 18.7 Å². The first-order valence-electron chi connectivity index (χ1n) is 8.45. The predicted octanol–water partition coefficient (Wildman–Crippen LogP) is 5.01. The molecule has 0 atom stereocenters. The highest BCUT2D eigenvalue weighted by molar-refractivity contribution is 6.30. The molecule has 5 heteroatoms. The Bertz CT molecular complexity index is 622. The monoisotopic (exact) mass is 379 g/mol. The van der Waals surface area contributed by atoms with Crippen LogP contribution in [-0.2, 0) is 9.53 Å². The van der Waals surface area contributed by atoms with Gasteiger partial charge >= 0.3 is 5.97 Å². The maximum atomic E-state index is 12.8. The normalized spacial score (nSPS) is 11.1. The molecule has 0 unspecified atom stereocenters. The van der Waals surface area contributed by atoms with Gasteiger partial charge in [-0.2, -0.15) is 0 Å². The summed E-state index contributed by atoms with van der Waals surface area (Å²) in [4.78, 5) is 15.0. The number of nitrogens with zero attached hydrogens (tertiary/aromatic N) is 1. The highest BCUT2D eigenvalue weighted by Crippen LogP contribution is 2.28. The molecule has 0 aromatic heterocycles.